The number of halogens is 2. The summed E-state index contributed by atoms with van der Waals surface area (Å²) in [5, 5.41) is 0.810. The minimum Gasteiger partial charge on any atom is -0.398 e. The molecule has 0 fully saturated rings. The smallest absolute Gasteiger partial charge is 0.148 e. The number of nitrogen functional groups attached to an aromatic ring is 1. The first-order valence-corrected chi connectivity index (χ1v) is 8.15. The average Bonchev–Trinajstić information content (AvgIpc) is 2.11. The Labute approximate surface area is 109 Å². The molecule has 16 heavy (non-hydrogen) atoms. The van der Waals surface area contributed by atoms with Crippen LogP contribution in [0, 0.1) is 0 Å². The van der Waals surface area contributed by atoms with E-state index in [0.717, 1.165) is 4.90 Å². The van der Waals surface area contributed by atoms with E-state index in [1.807, 2.05) is 0 Å². The summed E-state index contributed by atoms with van der Waals surface area (Å²) in [5.74, 6) is 0.554. The monoisotopic (exact) mass is 299 g/mol. The van der Waals surface area contributed by atoms with E-state index in [1.54, 1.807) is 12.1 Å². The second-order valence-electron chi connectivity index (χ2n) is 3.28. The van der Waals surface area contributed by atoms with Gasteiger partial charge >= 0.3 is 0 Å². The van der Waals surface area contributed by atoms with E-state index < -0.39 is 9.84 Å². The van der Waals surface area contributed by atoms with E-state index in [4.69, 9.17) is 28.9 Å². The van der Waals surface area contributed by atoms with Gasteiger partial charge < -0.3 is 5.73 Å². The predicted octanol–water partition coefficient (Wildman–Crippen LogP) is 2.71. The highest BCUT2D eigenvalue weighted by atomic mass is 35.5. The van der Waals surface area contributed by atoms with Gasteiger partial charge in [0.1, 0.15) is 9.84 Å². The standard InChI is InChI=1S/C9H11Cl2NO2S2/c1-16(13,14)3-2-15-9-5-7(11)6(10)4-8(9)12/h4-5H,2-3,12H2,1H3. The van der Waals surface area contributed by atoms with Gasteiger partial charge in [0.15, 0.2) is 0 Å². The largest absolute Gasteiger partial charge is 0.398 e. The van der Waals surface area contributed by atoms with Crippen molar-refractivity contribution >= 4 is 50.5 Å². The van der Waals surface area contributed by atoms with Crippen molar-refractivity contribution in [2.24, 2.45) is 0 Å². The van der Waals surface area contributed by atoms with Gasteiger partial charge in [-0.15, -0.1) is 11.8 Å². The predicted molar refractivity (Wildman–Crippen MR) is 71.3 cm³/mol. The molecule has 0 atom stereocenters. The molecule has 7 heteroatoms. The Balaban J connectivity index is 2.71. The molecule has 0 spiro atoms. The molecule has 1 rings (SSSR count). The Hall–Kier alpha value is -0.100. The second-order valence-corrected chi connectivity index (χ2v) is 7.49. The van der Waals surface area contributed by atoms with Gasteiger partial charge in [0, 0.05) is 22.6 Å². The van der Waals surface area contributed by atoms with Crippen molar-refractivity contribution < 1.29 is 8.42 Å². The Morgan fingerprint density at radius 3 is 2.44 bits per heavy atom. The lowest BCUT2D eigenvalue weighted by Gasteiger charge is -2.06. The van der Waals surface area contributed by atoms with E-state index >= 15 is 0 Å². The summed E-state index contributed by atoms with van der Waals surface area (Å²) in [6.07, 6.45) is 1.20. The molecule has 0 saturated carbocycles. The Bertz CT molecular complexity index is 489. The molecule has 0 radical (unpaired) electrons. The van der Waals surface area contributed by atoms with Crippen molar-refractivity contribution in [3.05, 3.63) is 22.2 Å². The fourth-order valence-corrected chi connectivity index (χ4v) is 3.56. The van der Waals surface area contributed by atoms with Crippen molar-refractivity contribution in [1.82, 2.24) is 0 Å². The molecule has 2 N–H and O–H groups in total. The second kappa shape index (κ2) is 5.49. The van der Waals surface area contributed by atoms with Crippen LogP contribution in [0.2, 0.25) is 10.0 Å². The van der Waals surface area contributed by atoms with Gasteiger partial charge in [0.25, 0.3) is 0 Å². The van der Waals surface area contributed by atoms with Crippen LogP contribution in [0.15, 0.2) is 17.0 Å². The Morgan fingerprint density at radius 2 is 1.88 bits per heavy atom. The van der Waals surface area contributed by atoms with Crippen LogP contribution in [0.5, 0.6) is 0 Å². The highest BCUT2D eigenvalue weighted by molar-refractivity contribution is 8.00. The molecule has 0 unspecified atom stereocenters. The third kappa shape index (κ3) is 4.41. The van der Waals surface area contributed by atoms with Crippen molar-refractivity contribution in [2.75, 3.05) is 23.5 Å². The van der Waals surface area contributed by atoms with Gasteiger partial charge in [0.2, 0.25) is 0 Å². The summed E-state index contributed by atoms with van der Waals surface area (Å²) < 4.78 is 21.9. The highest BCUT2D eigenvalue weighted by Crippen LogP contribution is 2.33. The van der Waals surface area contributed by atoms with Gasteiger partial charge in [-0.1, -0.05) is 23.2 Å². The molecule has 1 aromatic carbocycles. The average molecular weight is 300 g/mol. The molecule has 0 saturated heterocycles. The van der Waals surface area contributed by atoms with Crippen LogP contribution in [0.1, 0.15) is 0 Å². The van der Waals surface area contributed by atoms with Crippen molar-refractivity contribution in [3.8, 4) is 0 Å². The summed E-state index contributed by atoms with van der Waals surface area (Å²) in [7, 11) is -2.95. The summed E-state index contributed by atoms with van der Waals surface area (Å²) in [6, 6.07) is 3.21. The van der Waals surface area contributed by atoms with Gasteiger partial charge in [-0.25, -0.2) is 8.42 Å². The maximum atomic E-state index is 10.9. The zero-order valence-electron chi connectivity index (χ0n) is 8.54. The maximum absolute atomic E-state index is 10.9. The summed E-state index contributed by atoms with van der Waals surface area (Å²) >= 11 is 13.0. The van der Waals surface area contributed by atoms with Crippen molar-refractivity contribution in [2.45, 2.75) is 4.90 Å². The number of rotatable bonds is 4. The molecule has 1 aromatic rings. The first-order chi connectivity index (χ1) is 7.29. The molecular weight excluding hydrogens is 289 g/mol. The molecule has 0 aliphatic carbocycles. The molecule has 0 aromatic heterocycles. The summed E-state index contributed by atoms with van der Waals surface area (Å²) in [5.41, 5.74) is 6.23. The first-order valence-electron chi connectivity index (χ1n) is 4.34. The minimum atomic E-state index is -2.95. The fourth-order valence-electron chi connectivity index (χ4n) is 0.972. The Morgan fingerprint density at radius 1 is 1.31 bits per heavy atom. The lowest BCUT2D eigenvalue weighted by Crippen LogP contribution is -2.05. The van der Waals surface area contributed by atoms with E-state index in [-0.39, 0.29) is 5.75 Å². The van der Waals surface area contributed by atoms with Gasteiger partial charge in [0.05, 0.1) is 15.8 Å². The number of benzene rings is 1. The Kier molecular flexibility index (Phi) is 4.79. The van der Waals surface area contributed by atoms with Crippen LogP contribution in [0.25, 0.3) is 0 Å². The van der Waals surface area contributed by atoms with Gasteiger partial charge in [-0.05, 0) is 12.1 Å². The van der Waals surface area contributed by atoms with Crippen molar-refractivity contribution in [3.63, 3.8) is 0 Å². The molecule has 0 heterocycles. The first kappa shape index (κ1) is 14.0. The SMILES string of the molecule is CS(=O)(=O)CCSc1cc(Cl)c(Cl)cc1N. The zero-order valence-corrected chi connectivity index (χ0v) is 11.7. The van der Waals surface area contributed by atoms with E-state index in [0.29, 0.717) is 21.5 Å². The highest BCUT2D eigenvalue weighted by Gasteiger charge is 2.07. The quantitative estimate of drug-likeness (QED) is 0.686. The molecule has 0 aliphatic rings. The third-order valence-corrected chi connectivity index (χ3v) is 4.76. The van der Waals surface area contributed by atoms with E-state index in [9.17, 15) is 8.42 Å². The molecule has 3 nitrogen and oxygen atoms in total. The molecule has 0 amide bonds. The van der Waals surface area contributed by atoms with Crippen LogP contribution >= 0.6 is 35.0 Å². The number of sulfone groups is 1. The number of thioether (sulfide) groups is 1. The lowest BCUT2D eigenvalue weighted by molar-refractivity contribution is 0.603. The van der Waals surface area contributed by atoms with Crippen LogP contribution in [-0.2, 0) is 9.84 Å². The fraction of sp³-hybridized carbons (Fsp3) is 0.333. The third-order valence-electron chi connectivity index (χ3n) is 1.76. The minimum absolute atomic E-state index is 0.108. The normalized spacial score (nSPS) is 11.7. The number of hydrogen-bond donors (Lipinski definition) is 1. The van der Waals surface area contributed by atoms with E-state index in [1.165, 1.54) is 18.0 Å². The molecule has 0 aliphatic heterocycles. The van der Waals surface area contributed by atoms with Crippen LogP contribution in [0.3, 0.4) is 0 Å². The number of nitrogens with two attached hydrogens (primary N) is 1. The maximum Gasteiger partial charge on any atom is 0.148 e. The topological polar surface area (TPSA) is 60.2 Å². The van der Waals surface area contributed by atoms with Crippen molar-refractivity contribution in [1.29, 1.82) is 0 Å². The lowest BCUT2D eigenvalue weighted by atomic mass is 10.3. The molecule has 0 bridgehead atoms. The van der Waals surface area contributed by atoms with Crippen LogP contribution in [0.4, 0.5) is 5.69 Å². The number of anilines is 1. The van der Waals surface area contributed by atoms with Crippen LogP contribution in [-0.4, -0.2) is 26.2 Å². The van der Waals surface area contributed by atoms with E-state index in [2.05, 4.69) is 0 Å². The zero-order chi connectivity index (χ0) is 12.3. The van der Waals surface area contributed by atoms with Crippen LogP contribution < -0.4 is 5.73 Å². The summed E-state index contributed by atoms with van der Waals surface area (Å²) in [4.78, 5) is 0.748. The van der Waals surface area contributed by atoms with Gasteiger partial charge in [-0.3, -0.25) is 0 Å². The molecular formula is C9H11Cl2NO2S2. The molecule has 90 valence electrons. The summed E-state index contributed by atoms with van der Waals surface area (Å²) in [6.45, 7) is 0. The number of hydrogen-bond acceptors (Lipinski definition) is 4. The van der Waals surface area contributed by atoms with Gasteiger partial charge in [-0.2, -0.15) is 0 Å².